The number of amides is 4. The smallest absolute Gasteiger partial charge is 0.333 e. The number of aliphatic hydroxyl groups is 1. The monoisotopic (exact) mass is 753 g/mol. The molecule has 18 heteroatoms. The van der Waals surface area contributed by atoms with Gasteiger partial charge in [-0.05, 0) is 55.4 Å². The molecule has 4 amide bonds. The molecule has 0 radical (unpaired) electrons. The number of hydrogen-bond acceptors (Lipinski definition) is 12. The Kier molecular flexibility index (Phi) is 16.2. The molecule has 2 aliphatic heterocycles. The van der Waals surface area contributed by atoms with Crippen molar-refractivity contribution >= 4 is 45.7 Å². The first kappa shape index (κ1) is 42.0. The number of nitrogens with zero attached hydrogens (tertiary/aromatic N) is 1. The molecule has 0 spiro atoms. The van der Waals surface area contributed by atoms with Crippen LogP contribution in [0.15, 0.2) is 30.4 Å². The molecule has 1 fully saturated rings. The maximum Gasteiger partial charge on any atom is 0.333 e. The van der Waals surface area contributed by atoms with Gasteiger partial charge < -0.3 is 35.1 Å². The number of carboxylic acids is 1. The van der Waals surface area contributed by atoms with Crippen LogP contribution in [0.5, 0.6) is 5.75 Å². The lowest BCUT2D eigenvalue weighted by Gasteiger charge is -2.31. The summed E-state index contributed by atoms with van der Waals surface area (Å²) < 4.78 is 49.3. The molecule has 0 bridgehead atoms. The van der Waals surface area contributed by atoms with Gasteiger partial charge in [0.15, 0.2) is 6.10 Å². The third-order valence-electron chi connectivity index (χ3n) is 8.22. The Balaban J connectivity index is 1.52. The molecule has 4 atom stereocenters. The third-order valence-corrected chi connectivity index (χ3v) is 8.97. The highest BCUT2D eigenvalue weighted by molar-refractivity contribution is 7.85. The van der Waals surface area contributed by atoms with Crippen molar-refractivity contribution in [3.8, 4) is 5.75 Å². The topological polar surface area (TPSA) is 252 Å². The molecule has 52 heavy (non-hydrogen) atoms. The van der Waals surface area contributed by atoms with Crippen LogP contribution in [0.3, 0.4) is 0 Å². The predicted octanol–water partition coefficient (Wildman–Crippen LogP) is 1.01. The highest BCUT2D eigenvalue weighted by Crippen LogP contribution is 2.26. The summed E-state index contributed by atoms with van der Waals surface area (Å²) >= 11 is 0. The van der Waals surface area contributed by atoms with Gasteiger partial charge in [0.05, 0.1) is 12.0 Å². The van der Waals surface area contributed by atoms with E-state index in [1.54, 1.807) is 32.0 Å². The molecule has 1 aromatic carbocycles. The van der Waals surface area contributed by atoms with E-state index in [4.69, 9.17) is 14.2 Å². The number of rotatable bonds is 21. The number of imide groups is 1. The van der Waals surface area contributed by atoms with Gasteiger partial charge in [-0.1, -0.05) is 26.3 Å². The standard InChI is InChI=1S/C34H47N3O14S/c1-21(2)34(45)49-19-23-10-11-25(50-31-18-24(38)17-27(51-31)33(43)44)16-22(23)8-5-6-14-35-32(42)26(20-52(46,47)48)36-28(39)9-4-3-7-15-37-29(40)12-13-30(37)41/h10-13,16,21,24,26-27,31,38H,3-9,14-15,17-20H2,1-2H3,(H,35,42)(H,36,39)(H,43,44)(H,46,47,48)/t24-,26-,27-,31+/m0/s1. The molecule has 5 N–H and O–H groups in total. The number of benzene rings is 1. The number of nitrogens with one attached hydrogen (secondary N) is 2. The van der Waals surface area contributed by atoms with Gasteiger partial charge in [0.25, 0.3) is 21.9 Å². The van der Waals surface area contributed by atoms with Crippen molar-refractivity contribution in [1.82, 2.24) is 15.5 Å². The summed E-state index contributed by atoms with van der Waals surface area (Å²) in [5.41, 5.74) is 1.42. The fourth-order valence-electron chi connectivity index (χ4n) is 5.43. The van der Waals surface area contributed by atoms with E-state index in [0.29, 0.717) is 49.8 Å². The van der Waals surface area contributed by atoms with Crippen LogP contribution in [0.2, 0.25) is 0 Å². The maximum atomic E-state index is 12.8. The Morgan fingerprint density at radius 2 is 1.71 bits per heavy atom. The molecule has 2 aliphatic rings. The van der Waals surface area contributed by atoms with E-state index >= 15 is 0 Å². The van der Waals surface area contributed by atoms with E-state index in [-0.39, 0.29) is 44.9 Å². The zero-order chi connectivity index (χ0) is 38.4. The normalized spacial score (nSPS) is 19.4. The van der Waals surface area contributed by atoms with Crippen molar-refractivity contribution in [2.45, 2.75) is 103 Å². The lowest BCUT2D eigenvalue weighted by Crippen LogP contribution is -2.50. The van der Waals surface area contributed by atoms with Crippen LogP contribution in [0.25, 0.3) is 0 Å². The first-order chi connectivity index (χ1) is 24.5. The second-order valence-corrected chi connectivity index (χ2v) is 14.4. The zero-order valence-electron chi connectivity index (χ0n) is 29.2. The van der Waals surface area contributed by atoms with Crippen LogP contribution < -0.4 is 15.4 Å². The number of carbonyl (C=O) groups excluding carboxylic acids is 5. The lowest BCUT2D eigenvalue weighted by molar-refractivity contribution is -0.195. The molecule has 1 saturated heterocycles. The molecular weight excluding hydrogens is 706 g/mol. The van der Waals surface area contributed by atoms with Crippen LogP contribution in [0.1, 0.15) is 76.3 Å². The summed E-state index contributed by atoms with van der Waals surface area (Å²) in [6, 6.07) is 3.45. The first-order valence-corrected chi connectivity index (χ1v) is 18.7. The molecule has 2 heterocycles. The van der Waals surface area contributed by atoms with Crippen LogP contribution in [-0.4, -0.2) is 107 Å². The molecule has 0 aromatic heterocycles. The number of aliphatic hydroxyl groups excluding tert-OH is 1. The van der Waals surface area contributed by atoms with Crippen molar-refractivity contribution in [1.29, 1.82) is 0 Å². The molecule has 288 valence electrons. The summed E-state index contributed by atoms with van der Waals surface area (Å²) in [5, 5.41) is 24.3. The predicted molar refractivity (Wildman–Crippen MR) is 182 cm³/mol. The fourth-order valence-corrected chi connectivity index (χ4v) is 6.09. The molecule has 0 aliphatic carbocycles. The quantitative estimate of drug-likeness (QED) is 0.0509. The number of esters is 1. The molecule has 1 aromatic rings. The van der Waals surface area contributed by atoms with Crippen LogP contribution >= 0.6 is 0 Å². The van der Waals surface area contributed by atoms with Gasteiger partial charge >= 0.3 is 11.9 Å². The lowest BCUT2D eigenvalue weighted by atomic mass is 10.0. The zero-order valence-corrected chi connectivity index (χ0v) is 30.0. The highest BCUT2D eigenvalue weighted by Gasteiger charge is 2.34. The number of carboxylic acid groups (broad SMARTS) is 1. The van der Waals surface area contributed by atoms with E-state index in [0.717, 1.165) is 10.5 Å². The van der Waals surface area contributed by atoms with E-state index in [1.165, 1.54) is 12.2 Å². The van der Waals surface area contributed by atoms with Crippen LogP contribution in [-0.2, 0) is 61.4 Å². The van der Waals surface area contributed by atoms with Gasteiger partial charge in [-0.25, -0.2) is 4.79 Å². The van der Waals surface area contributed by atoms with Crippen LogP contribution in [0.4, 0.5) is 0 Å². The Morgan fingerprint density at radius 3 is 2.37 bits per heavy atom. The van der Waals surface area contributed by atoms with Crippen molar-refractivity contribution in [2.75, 3.05) is 18.8 Å². The average Bonchev–Trinajstić information content (AvgIpc) is 3.38. The minimum absolute atomic E-state index is 0.0185. The summed E-state index contributed by atoms with van der Waals surface area (Å²) in [6.07, 6.45) is 1.76. The van der Waals surface area contributed by atoms with Gasteiger partial charge in [-0.3, -0.25) is 33.4 Å². The second kappa shape index (κ2) is 20.0. The number of aryl methyl sites for hydroxylation is 1. The number of unbranched alkanes of at least 4 members (excludes halogenated alkanes) is 3. The van der Waals surface area contributed by atoms with Crippen molar-refractivity contribution in [2.24, 2.45) is 5.92 Å². The second-order valence-electron chi connectivity index (χ2n) is 12.9. The van der Waals surface area contributed by atoms with Gasteiger partial charge in [0.2, 0.25) is 18.1 Å². The minimum Gasteiger partial charge on any atom is -0.479 e. The Bertz CT molecular complexity index is 1580. The summed E-state index contributed by atoms with van der Waals surface area (Å²) in [5.74, 6) is -4.87. The summed E-state index contributed by atoms with van der Waals surface area (Å²) in [7, 11) is -4.63. The van der Waals surface area contributed by atoms with Crippen molar-refractivity contribution in [3.63, 3.8) is 0 Å². The molecule has 17 nitrogen and oxygen atoms in total. The van der Waals surface area contributed by atoms with E-state index < -0.39 is 76.0 Å². The summed E-state index contributed by atoms with van der Waals surface area (Å²) in [6.45, 7) is 3.68. The third kappa shape index (κ3) is 14.3. The van der Waals surface area contributed by atoms with Gasteiger partial charge in [-0.15, -0.1) is 0 Å². The molecular formula is C34H47N3O14S. The average molecular weight is 754 g/mol. The molecule has 3 rings (SSSR count). The fraction of sp³-hybridized carbons (Fsp3) is 0.588. The SMILES string of the molecule is CC(C)C(=O)OCc1ccc(O[C@H]2C[C@@H](O)C[C@@H](C(=O)O)O2)cc1CCCCNC(=O)[C@H](CS(=O)(=O)O)NC(=O)CCCCCN1C(=O)C=CC1=O. The van der Waals surface area contributed by atoms with Gasteiger partial charge in [0.1, 0.15) is 24.2 Å². The Morgan fingerprint density at radius 1 is 1.00 bits per heavy atom. The number of carbonyl (C=O) groups is 6. The molecule has 0 unspecified atom stereocenters. The number of ether oxygens (including phenoxy) is 3. The van der Waals surface area contributed by atoms with Crippen molar-refractivity contribution in [3.05, 3.63) is 41.5 Å². The van der Waals surface area contributed by atoms with Crippen molar-refractivity contribution < 1.29 is 66.2 Å². The number of hydrogen-bond donors (Lipinski definition) is 5. The number of aliphatic carboxylic acids is 1. The Hall–Kier alpha value is -4.39. The van der Waals surface area contributed by atoms with E-state index in [2.05, 4.69) is 10.6 Å². The van der Waals surface area contributed by atoms with E-state index in [9.17, 15) is 52.0 Å². The largest absolute Gasteiger partial charge is 0.479 e. The highest BCUT2D eigenvalue weighted by atomic mass is 32.2. The van der Waals surface area contributed by atoms with Gasteiger partial charge in [-0.2, -0.15) is 8.42 Å². The minimum atomic E-state index is -4.63. The maximum absolute atomic E-state index is 12.8. The first-order valence-electron chi connectivity index (χ1n) is 17.1. The molecule has 0 saturated carbocycles. The Labute approximate surface area is 301 Å². The van der Waals surface area contributed by atoms with Gasteiger partial charge in [0, 0.05) is 44.5 Å². The van der Waals surface area contributed by atoms with E-state index in [1.807, 2.05) is 0 Å². The van der Waals surface area contributed by atoms with Crippen LogP contribution in [0, 0.1) is 5.92 Å². The summed E-state index contributed by atoms with van der Waals surface area (Å²) in [4.78, 5) is 73.2.